The summed E-state index contributed by atoms with van der Waals surface area (Å²) in [4.78, 5) is 24.7. The number of nitrogens with one attached hydrogen (secondary N) is 2. The molecule has 7 heteroatoms. The summed E-state index contributed by atoms with van der Waals surface area (Å²) < 4.78 is 0. The Kier molecular flexibility index (Phi) is 4.22. The molecular formula is C20H23N3O3S. The number of hydrogen-bond acceptors (Lipinski definition) is 5. The number of non-ortho nitro benzene ring substituents is 1. The molecule has 0 unspecified atom stereocenters. The lowest BCUT2D eigenvalue weighted by atomic mass is 9.72. The summed E-state index contributed by atoms with van der Waals surface area (Å²) in [6, 6.07) is 6.39. The standard InChI is InChI=1S/C20H23N3O3S/c1-20(2,3)12-7-8-14-15(10-12)27-19-16(14)18(24)21-17(22-19)11-5-4-6-13(9-11)23(25)26/h4-6,9,12,17,22H,7-8,10H2,1-3H3,(H,21,24)/t12-,17-/m0/s1. The number of carbonyl (C=O) groups excluding carboxylic acids is 1. The van der Waals surface area contributed by atoms with Gasteiger partial charge in [-0.1, -0.05) is 32.9 Å². The van der Waals surface area contributed by atoms with E-state index in [2.05, 4.69) is 31.4 Å². The molecule has 0 fully saturated rings. The lowest BCUT2D eigenvalue weighted by molar-refractivity contribution is -0.384. The second kappa shape index (κ2) is 6.34. The van der Waals surface area contributed by atoms with Crippen LogP contribution in [0.3, 0.4) is 0 Å². The van der Waals surface area contributed by atoms with Gasteiger partial charge in [0.1, 0.15) is 11.2 Å². The van der Waals surface area contributed by atoms with Gasteiger partial charge in [0.2, 0.25) is 0 Å². The molecule has 6 nitrogen and oxygen atoms in total. The number of nitro groups is 1. The number of rotatable bonds is 2. The molecule has 27 heavy (non-hydrogen) atoms. The molecule has 1 aliphatic carbocycles. The molecule has 2 N–H and O–H groups in total. The zero-order valence-electron chi connectivity index (χ0n) is 15.7. The third-order valence-electron chi connectivity index (χ3n) is 5.68. The van der Waals surface area contributed by atoms with E-state index in [0.29, 0.717) is 11.5 Å². The molecule has 1 aromatic heterocycles. The summed E-state index contributed by atoms with van der Waals surface area (Å²) in [5.74, 6) is 0.521. The number of anilines is 1. The van der Waals surface area contributed by atoms with Crippen LogP contribution in [0.5, 0.6) is 0 Å². The van der Waals surface area contributed by atoms with Gasteiger partial charge in [-0.3, -0.25) is 14.9 Å². The van der Waals surface area contributed by atoms with Crippen LogP contribution < -0.4 is 10.6 Å². The lowest BCUT2D eigenvalue weighted by Crippen LogP contribution is -2.38. The molecule has 1 aliphatic heterocycles. The highest BCUT2D eigenvalue weighted by Gasteiger charge is 2.36. The van der Waals surface area contributed by atoms with Crippen molar-refractivity contribution >= 4 is 27.9 Å². The van der Waals surface area contributed by atoms with Crippen LogP contribution in [0.4, 0.5) is 10.7 Å². The topological polar surface area (TPSA) is 84.3 Å². The number of hydrogen-bond donors (Lipinski definition) is 2. The Balaban J connectivity index is 1.64. The van der Waals surface area contributed by atoms with Crippen molar-refractivity contribution in [2.24, 2.45) is 11.3 Å². The largest absolute Gasteiger partial charge is 0.353 e. The summed E-state index contributed by atoms with van der Waals surface area (Å²) in [7, 11) is 0. The highest BCUT2D eigenvalue weighted by atomic mass is 32.1. The van der Waals surface area contributed by atoms with Crippen molar-refractivity contribution < 1.29 is 9.72 Å². The highest BCUT2D eigenvalue weighted by Crippen LogP contribution is 2.46. The van der Waals surface area contributed by atoms with Crippen LogP contribution in [0.2, 0.25) is 0 Å². The number of carbonyl (C=O) groups is 1. The Bertz CT molecular complexity index is 929. The van der Waals surface area contributed by atoms with Crippen molar-refractivity contribution in [3.63, 3.8) is 0 Å². The minimum atomic E-state index is -0.455. The molecule has 0 bridgehead atoms. The predicted molar refractivity (Wildman–Crippen MR) is 106 cm³/mol. The lowest BCUT2D eigenvalue weighted by Gasteiger charge is -2.34. The molecule has 2 aliphatic rings. The van der Waals surface area contributed by atoms with Gasteiger partial charge in [0.25, 0.3) is 11.6 Å². The number of nitro benzene ring substituents is 1. The van der Waals surface area contributed by atoms with Gasteiger partial charge < -0.3 is 10.6 Å². The number of fused-ring (bicyclic) bond motifs is 3. The first kappa shape index (κ1) is 18.0. The maximum Gasteiger partial charge on any atom is 0.269 e. The highest BCUT2D eigenvalue weighted by molar-refractivity contribution is 7.16. The normalized spacial score (nSPS) is 21.7. The molecule has 142 valence electrons. The van der Waals surface area contributed by atoms with E-state index in [0.717, 1.165) is 29.8 Å². The smallest absolute Gasteiger partial charge is 0.269 e. The van der Waals surface area contributed by atoms with E-state index in [-0.39, 0.29) is 17.0 Å². The van der Waals surface area contributed by atoms with Crippen LogP contribution >= 0.6 is 11.3 Å². The van der Waals surface area contributed by atoms with Gasteiger partial charge in [-0.15, -0.1) is 11.3 Å². The SMILES string of the molecule is CC(C)(C)[C@H]1CCc2c(sc3c2C(=O)N[C@H](c2cccc([N+](=O)[O-])c2)N3)C1. The van der Waals surface area contributed by atoms with E-state index in [9.17, 15) is 14.9 Å². The fourth-order valence-electron chi connectivity index (χ4n) is 4.02. The average molecular weight is 385 g/mol. The van der Waals surface area contributed by atoms with Crippen LogP contribution in [0, 0.1) is 21.4 Å². The maximum atomic E-state index is 12.8. The molecular weight excluding hydrogens is 362 g/mol. The summed E-state index contributed by atoms with van der Waals surface area (Å²) in [6.45, 7) is 6.83. The molecule has 0 saturated carbocycles. The number of benzene rings is 1. The molecule has 2 aromatic rings. The van der Waals surface area contributed by atoms with Crippen molar-refractivity contribution in [1.82, 2.24) is 5.32 Å². The first-order chi connectivity index (χ1) is 12.7. The van der Waals surface area contributed by atoms with Gasteiger partial charge in [0.05, 0.1) is 10.5 Å². The minimum absolute atomic E-state index is 0.0211. The van der Waals surface area contributed by atoms with E-state index in [1.165, 1.54) is 22.6 Å². The molecule has 0 spiro atoms. The Morgan fingerprint density at radius 2 is 2.04 bits per heavy atom. The van der Waals surface area contributed by atoms with E-state index < -0.39 is 11.1 Å². The molecule has 2 heterocycles. The van der Waals surface area contributed by atoms with Crippen molar-refractivity contribution in [1.29, 1.82) is 0 Å². The van der Waals surface area contributed by atoms with Crippen molar-refractivity contribution in [3.05, 3.63) is 55.9 Å². The molecule has 0 saturated heterocycles. The summed E-state index contributed by atoms with van der Waals surface area (Å²) in [5, 5.41) is 18.3. The number of thiophene rings is 1. The Labute approximate surface area is 162 Å². The second-order valence-corrected chi connectivity index (χ2v) is 9.52. The fourth-order valence-corrected chi connectivity index (χ4v) is 5.37. The van der Waals surface area contributed by atoms with Crippen LogP contribution in [-0.4, -0.2) is 10.8 Å². The summed E-state index contributed by atoms with van der Waals surface area (Å²) in [5.41, 5.74) is 2.90. The first-order valence-electron chi connectivity index (χ1n) is 9.20. The Morgan fingerprint density at radius 3 is 2.74 bits per heavy atom. The predicted octanol–water partition coefficient (Wildman–Crippen LogP) is 4.66. The van der Waals surface area contributed by atoms with Crippen molar-refractivity contribution in [2.45, 2.75) is 46.2 Å². The van der Waals surface area contributed by atoms with Gasteiger partial charge in [-0.25, -0.2) is 0 Å². The number of amides is 1. The van der Waals surface area contributed by atoms with Gasteiger partial charge in [0.15, 0.2) is 0 Å². The van der Waals surface area contributed by atoms with E-state index >= 15 is 0 Å². The molecule has 4 rings (SSSR count). The second-order valence-electron chi connectivity index (χ2n) is 8.42. The Morgan fingerprint density at radius 1 is 1.26 bits per heavy atom. The van der Waals surface area contributed by atoms with E-state index in [4.69, 9.17) is 0 Å². The third-order valence-corrected chi connectivity index (χ3v) is 6.87. The molecule has 1 aromatic carbocycles. The monoisotopic (exact) mass is 385 g/mol. The van der Waals surface area contributed by atoms with Crippen LogP contribution in [0.25, 0.3) is 0 Å². The molecule has 0 radical (unpaired) electrons. The average Bonchev–Trinajstić information content (AvgIpc) is 2.99. The van der Waals surface area contributed by atoms with Crippen LogP contribution in [0.15, 0.2) is 24.3 Å². The minimum Gasteiger partial charge on any atom is -0.353 e. The van der Waals surface area contributed by atoms with Gasteiger partial charge in [0, 0.05) is 22.6 Å². The van der Waals surface area contributed by atoms with E-state index in [1.807, 2.05) is 0 Å². The van der Waals surface area contributed by atoms with Gasteiger partial charge in [-0.2, -0.15) is 0 Å². The number of nitrogens with zero attached hydrogens (tertiary/aromatic N) is 1. The third kappa shape index (κ3) is 3.20. The van der Waals surface area contributed by atoms with Crippen LogP contribution in [0.1, 0.15) is 59.7 Å². The maximum absolute atomic E-state index is 12.8. The summed E-state index contributed by atoms with van der Waals surface area (Å²) >= 11 is 1.66. The van der Waals surface area contributed by atoms with Crippen molar-refractivity contribution in [3.8, 4) is 0 Å². The zero-order valence-corrected chi connectivity index (χ0v) is 16.5. The van der Waals surface area contributed by atoms with Gasteiger partial charge >= 0.3 is 0 Å². The molecule has 1 amide bonds. The van der Waals surface area contributed by atoms with Crippen molar-refractivity contribution in [2.75, 3.05) is 5.32 Å². The first-order valence-corrected chi connectivity index (χ1v) is 10.0. The molecule has 2 atom stereocenters. The van der Waals surface area contributed by atoms with Gasteiger partial charge in [-0.05, 0) is 36.2 Å². The zero-order chi connectivity index (χ0) is 19.3. The summed E-state index contributed by atoms with van der Waals surface area (Å²) in [6.07, 6.45) is 2.58. The fraction of sp³-hybridized carbons (Fsp3) is 0.450. The quantitative estimate of drug-likeness (QED) is 0.582. The van der Waals surface area contributed by atoms with E-state index in [1.54, 1.807) is 23.5 Å². The van der Waals surface area contributed by atoms with Crippen LogP contribution in [-0.2, 0) is 12.8 Å². The Hall–Kier alpha value is -2.41.